The number of ketones is 1. The second kappa shape index (κ2) is 10.4. The summed E-state index contributed by atoms with van der Waals surface area (Å²) in [5.41, 5.74) is 5.99. The molecule has 3 aliphatic rings. The molecule has 2 aromatic rings. The van der Waals surface area contributed by atoms with Gasteiger partial charge in [0.15, 0.2) is 0 Å². The van der Waals surface area contributed by atoms with Crippen LogP contribution in [0.15, 0.2) is 42.5 Å². The van der Waals surface area contributed by atoms with Gasteiger partial charge in [-0.2, -0.15) is 0 Å². The lowest BCUT2D eigenvalue weighted by atomic mass is 9.95. The molecule has 1 aromatic carbocycles. The molecule has 1 saturated heterocycles. The Kier molecular flexibility index (Phi) is 7.09. The normalized spacial score (nSPS) is 18.9. The van der Waals surface area contributed by atoms with Crippen LogP contribution in [0.5, 0.6) is 0 Å². The molecule has 2 aliphatic heterocycles. The van der Waals surface area contributed by atoms with Gasteiger partial charge in [0.2, 0.25) is 0 Å². The topological polar surface area (TPSA) is 57.6 Å². The Morgan fingerprint density at radius 3 is 2.37 bits per heavy atom. The molecule has 0 radical (unpaired) electrons. The number of fused-ring (bicyclic) bond motifs is 1. The monoisotopic (exact) mass is 474 g/mol. The molecule has 2 fully saturated rings. The van der Waals surface area contributed by atoms with Gasteiger partial charge >= 0.3 is 0 Å². The average molecular weight is 475 g/mol. The highest BCUT2D eigenvalue weighted by Crippen LogP contribution is 2.38. The van der Waals surface area contributed by atoms with Crippen LogP contribution in [0.1, 0.15) is 73.1 Å². The lowest BCUT2D eigenvalue weighted by Crippen LogP contribution is -2.46. The van der Waals surface area contributed by atoms with Crippen molar-refractivity contribution in [2.45, 2.75) is 64.3 Å². The number of carbonyl (C=O) groups is 2. The van der Waals surface area contributed by atoms with E-state index >= 15 is 0 Å². The van der Waals surface area contributed by atoms with E-state index in [1.807, 2.05) is 24.3 Å². The SMILES string of the molecule is C=C(C)CN1CCN(c2ccc(NC(=O)C(=O)c3c(C4CCCC4)cc4n3CCCC4)cc2)CC1. The van der Waals surface area contributed by atoms with E-state index in [1.54, 1.807) is 0 Å². The molecule has 3 heterocycles. The van der Waals surface area contributed by atoms with Crippen LogP contribution in [0, 0.1) is 0 Å². The molecule has 6 heteroatoms. The second-order valence-electron chi connectivity index (χ2n) is 10.6. The summed E-state index contributed by atoms with van der Waals surface area (Å²) in [5, 5.41) is 2.88. The van der Waals surface area contributed by atoms with Crippen molar-refractivity contribution >= 4 is 23.1 Å². The lowest BCUT2D eigenvalue weighted by molar-refractivity contribution is -0.112. The second-order valence-corrected chi connectivity index (χ2v) is 10.6. The van der Waals surface area contributed by atoms with Gasteiger partial charge in [-0.15, -0.1) is 0 Å². The maximum absolute atomic E-state index is 13.4. The number of amides is 1. The third-order valence-electron chi connectivity index (χ3n) is 7.85. The summed E-state index contributed by atoms with van der Waals surface area (Å²) in [6.07, 6.45) is 7.88. The fourth-order valence-corrected chi connectivity index (χ4v) is 6.06. The Labute approximate surface area is 209 Å². The largest absolute Gasteiger partial charge is 0.369 e. The zero-order chi connectivity index (χ0) is 24.4. The standard InChI is InChI=1S/C29H38N4O2/c1-21(2)20-31-15-17-32(18-16-31)24-12-10-23(11-13-24)30-29(35)28(34)27-26(22-7-3-4-8-22)19-25-9-5-6-14-33(25)27/h10-13,19,22H,1,3-9,14-18,20H2,2H3,(H,30,35). The van der Waals surface area contributed by atoms with E-state index in [-0.39, 0.29) is 0 Å². The van der Waals surface area contributed by atoms with Crippen LogP contribution in [-0.2, 0) is 17.8 Å². The first kappa shape index (κ1) is 23.9. The highest BCUT2D eigenvalue weighted by molar-refractivity contribution is 6.46. The Morgan fingerprint density at radius 2 is 1.69 bits per heavy atom. The number of nitrogens with zero attached hydrogens (tertiary/aromatic N) is 3. The molecule has 0 atom stereocenters. The van der Waals surface area contributed by atoms with E-state index in [1.165, 1.54) is 24.1 Å². The maximum Gasteiger partial charge on any atom is 0.298 e. The fraction of sp³-hybridized carbons (Fsp3) is 0.517. The van der Waals surface area contributed by atoms with Crippen molar-refractivity contribution in [3.63, 3.8) is 0 Å². The smallest absolute Gasteiger partial charge is 0.298 e. The number of anilines is 2. The number of nitrogens with one attached hydrogen (secondary N) is 1. The van der Waals surface area contributed by atoms with Crippen LogP contribution in [0.4, 0.5) is 11.4 Å². The average Bonchev–Trinajstić information content (AvgIpc) is 3.52. The third kappa shape index (κ3) is 5.22. The summed E-state index contributed by atoms with van der Waals surface area (Å²) >= 11 is 0. The number of Topliss-reactive ketones (excluding diaryl/α,β-unsaturated/α-hetero) is 1. The first-order valence-electron chi connectivity index (χ1n) is 13.3. The van der Waals surface area contributed by atoms with Crippen molar-refractivity contribution in [3.05, 3.63) is 59.4 Å². The lowest BCUT2D eigenvalue weighted by Gasteiger charge is -2.36. The van der Waals surface area contributed by atoms with Crippen molar-refractivity contribution in [2.24, 2.45) is 0 Å². The van der Waals surface area contributed by atoms with Crippen molar-refractivity contribution in [1.29, 1.82) is 0 Å². The molecule has 0 spiro atoms. The van der Waals surface area contributed by atoms with Crippen LogP contribution in [0.25, 0.3) is 0 Å². The minimum Gasteiger partial charge on any atom is -0.369 e. The van der Waals surface area contributed by atoms with Gasteiger partial charge in [0.1, 0.15) is 0 Å². The van der Waals surface area contributed by atoms with Gasteiger partial charge in [-0.3, -0.25) is 14.5 Å². The molecule has 0 unspecified atom stereocenters. The molecule has 1 N–H and O–H groups in total. The molecule has 1 aliphatic carbocycles. The third-order valence-corrected chi connectivity index (χ3v) is 7.85. The van der Waals surface area contributed by atoms with Gasteiger partial charge in [-0.25, -0.2) is 0 Å². The van der Waals surface area contributed by atoms with Crippen molar-refractivity contribution in [3.8, 4) is 0 Å². The first-order valence-corrected chi connectivity index (χ1v) is 13.3. The van der Waals surface area contributed by atoms with Crippen LogP contribution in [0.2, 0.25) is 0 Å². The van der Waals surface area contributed by atoms with Crippen molar-refractivity contribution < 1.29 is 9.59 Å². The van der Waals surface area contributed by atoms with E-state index in [0.29, 0.717) is 17.3 Å². The maximum atomic E-state index is 13.4. The van der Waals surface area contributed by atoms with Gasteiger partial charge in [0.05, 0.1) is 5.69 Å². The minimum atomic E-state index is -0.531. The summed E-state index contributed by atoms with van der Waals surface area (Å²) in [6, 6.07) is 10.1. The number of piperazine rings is 1. The molecular weight excluding hydrogens is 436 g/mol. The molecule has 6 nitrogen and oxygen atoms in total. The highest BCUT2D eigenvalue weighted by Gasteiger charge is 2.32. The Hall–Kier alpha value is -2.86. The van der Waals surface area contributed by atoms with Crippen LogP contribution < -0.4 is 10.2 Å². The molecule has 5 rings (SSSR count). The number of aryl methyl sites for hydroxylation is 1. The van der Waals surface area contributed by atoms with Crippen LogP contribution in [-0.4, -0.2) is 53.9 Å². The zero-order valence-corrected chi connectivity index (χ0v) is 21.0. The number of hydrogen-bond acceptors (Lipinski definition) is 4. The van der Waals surface area contributed by atoms with E-state index in [4.69, 9.17) is 0 Å². The van der Waals surface area contributed by atoms with Crippen molar-refractivity contribution in [1.82, 2.24) is 9.47 Å². The highest BCUT2D eigenvalue weighted by atomic mass is 16.2. The van der Waals surface area contributed by atoms with Gasteiger partial charge in [-0.05, 0) is 80.8 Å². The molecular formula is C29H38N4O2. The van der Waals surface area contributed by atoms with Crippen LogP contribution >= 0.6 is 0 Å². The van der Waals surface area contributed by atoms with Gasteiger partial charge in [-0.1, -0.05) is 25.0 Å². The minimum absolute atomic E-state index is 0.391. The molecule has 35 heavy (non-hydrogen) atoms. The van der Waals surface area contributed by atoms with E-state index in [2.05, 4.69) is 39.3 Å². The molecule has 186 valence electrons. The number of hydrogen-bond donors (Lipinski definition) is 1. The zero-order valence-electron chi connectivity index (χ0n) is 21.0. The summed E-state index contributed by atoms with van der Waals surface area (Å²) in [6.45, 7) is 11.9. The quantitative estimate of drug-likeness (QED) is 0.349. The summed E-state index contributed by atoms with van der Waals surface area (Å²) in [5.74, 6) is -0.510. The number of rotatable bonds is 7. The Morgan fingerprint density at radius 1 is 0.971 bits per heavy atom. The van der Waals surface area contributed by atoms with Crippen LogP contribution in [0.3, 0.4) is 0 Å². The Bertz CT molecular complexity index is 1090. The van der Waals surface area contributed by atoms with E-state index < -0.39 is 11.7 Å². The van der Waals surface area contributed by atoms with E-state index in [0.717, 1.165) is 82.6 Å². The molecule has 0 bridgehead atoms. The predicted octanol–water partition coefficient (Wildman–Crippen LogP) is 5.00. The summed E-state index contributed by atoms with van der Waals surface area (Å²) in [4.78, 5) is 31.3. The Balaban J connectivity index is 1.25. The molecule has 1 aromatic heterocycles. The summed E-state index contributed by atoms with van der Waals surface area (Å²) in [7, 11) is 0. The number of carbonyl (C=O) groups excluding carboxylic acids is 2. The summed E-state index contributed by atoms with van der Waals surface area (Å²) < 4.78 is 2.13. The number of benzene rings is 1. The number of aromatic nitrogens is 1. The molecule has 1 amide bonds. The van der Waals surface area contributed by atoms with Gasteiger partial charge in [0, 0.05) is 56.3 Å². The van der Waals surface area contributed by atoms with Crippen molar-refractivity contribution in [2.75, 3.05) is 42.9 Å². The van der Waals surface area contributed by atoms with Gasteiger partial charge in [0.25, 0.3) is 11.7 Å². The predicted molar refractivity (Wildman–Crippen MR) is 141 cm³/mol. The van der Waals surface area contributed by atoms with E-state index in [9.17, 15) is 9.59 Å². The first-order chi connectivity index (χ1) is 17.0. The van der Waals surface area contributed by atoms with Gasteiger partial charge < -0.3 is 14.8 Å². The fourth-order valence-electron chi connectivity index (χ4n) is 6.06. The molecule has 1 saturated carbocycles.